The number of hydrogen-bond acceptors (Lipinski definition) is 4. The number of aliphatic hydroxyl groups excluding tert-OH is 2. The predicted molar refractivity (Wildman–Crippen MR) is 56.4 cm³/mol. The third kappa shape index (κ3) is 9.65. The van der Waals surface area contributed by atoms with Crippen LogP contribution in [0.15, 0.2) is 0 Å². The molecule has 0 aromatic rings. The van der Waals surface area contributed by atoms with Gasteiger partial charge in [0, 0.05) is 20.1 Å². The van der Waals surface area contributed by atoms with Crippen molar-refractivity contribution >= 4 is 5.91 Å². The Bertz CT molecular complexity index is 173. The van der Waals surface area contributed by atoms with Gasteiger partial charge >= 0.3 is 0 Å². The molecule has 2 unspecified atom stereocenters. The Labute approximate surface area is 90.4 Å². The molecular weight excluding hydrogens is 198 g/mol. The highest BCUT2D eigenvalue weighted by Crippen LogP contribution is 1.96. The van der Waals surface area contributed by atoms with Crippen LogP contribution in [0.2, 0.25) is 0 Å². The number of methoxy groups -OCH3 is 1. The quantitative estimate of drug-likeness (QED) is 0.522. The first-order chi connectivity index (χ1) is 7.06. The summed E-state index contributed by atoms with van der Waals surface area (Å²) in [6.07, 6.45) is 0.278. The number of hydrogen-bond donors (Lipinski definition) is 3. The molecule has 0 aliphatic rings. The molecule has 90 valence electrons. The minimum atomic E-state index is -0.535. The molecule has 0 rings (SSSR count). The van der Waals surface area contributed by atoms with Gasteiger partial charge in [-0.1, -0.05) is 0 Å². The van der Waals surface area contributed by atoms with Gasteiger partial charge in [0.25, 0.3) is 0 Å². The monoisotopic (exact) mass is 219 g/mol. The van der Waals surface area contributed by atoms with Crippen LogP contribution in [0.5, 0.6) is 0 Å². The molecule has 0 aliphatic carbocycles. The topological polar surface area (TPSA) is 78.8 Å². The molecule has 0 aromatic heterocycles. The van der Waals surface area contributed by atoms with Gasteiger partial charge in [0.15, 0.2) is 0 Å². The molecule has 0 bridgehead atoms. The van der Waals surface area contributed by atoms with Crippen LogP contribution in [0.3, 0.4) is 0 Å². The van der Waals surface area contributed by atoms with E-state index < -0.39 is 12.2 Å². The van der Waals surface area contributed by atoms with Gasteiger partial charge in [0.05, 0.1) is 18.8 Å². The molecule has 0 spiro atoms. The van der Waals surface area contributed by atoms with Crippen molar-refractivity contribution in [3.05, 3.63) is 0 Å². The minimum absolute atomic E-state index is 0.0967. The van der Waals surface area contributed by atoms with E-state index in [1.54, 1.807) is 6.92 Å². The molecule has 2 atom stereocenters. The molecule has 5 heteroatoms. The Kier molecular flexibility index (Phi) is 8.27. The van der Waals surface area contributed by atoms with E-state index in [1.165, 1.54) is 7.11 Å². The average Bonchev–Trinajstić information content (AvgIpc) is 2.15. The SMILES string of the molecule is COCC(O)CCNC(=O)CCC(C)O. The summed E-state index contributed by atoms with van der Waals surface area (Å²) in [7, 11) is 1.52. The van der Waals surface area contributed by atoms with Gasteiger partial charge in [-0.3, -0.25) is 4.79 Å². The molecule has 0 heterocycles. The fourth-order valence-corrected chi connectivity index (χ4v) is 1.08. The molecule has 15 heavy (non-hydrogen) atoms. The van der Waals surface area contributed by atoms with E-state index >= 15 is 0 Å². The molecule has 0 radical (unpaired) electrons. The average molecular weight is 219 g/mol. The van der Waals surface area contributed by atoms with Crippen molar-refractivity contribution in [3.63, 3.8) is 0 Å². The minimum Gasteiger partial charge on any atom is -0.393 e. The van der Waals surface area contributed by atoms with E-state index in [9.17, 15) is 9.90 Å². The highest BCUT2D eigenvalue weighted by molar-refractivity contribution is 5.75. The van der Waals surface area contributed by atoms with Crippen LogP contribution < -0.4 is 5.32 Å². The van der Waals surface area contributed by atoms with Crippen LogP contribution in [-0.4, -0.2) is 48.6 Å². The summed E-state index contributed by atoms with van der Waals surface area (Å²) in [5.41, 5.74) is 0. The number of aliphatic hydroxyl groups is 2. The first-order valence-electron chi connectivity index (χ1n) is 5.18. The Morgan fingerprint density at radius 1 is 1.40 bits per heavy atom. The smallest absolute Gasteiger partial charge is 0.220 e. The standard InChI is InChI=1S/C10H21NO4/c1-8(12)3-4-10(14)11-6-5-9(13)7-15-2/h8-9,12-13H,3-7H2,1-2H3,(H,11,14). The molecule has 0 aromatic carbocycles. The van der Waals surface area contributed by atoms with Crippen molar-refractivity contribution in [2.45, 2.75) is 38.4 Å². The summed E-state index contributed by atoms with van der Waals surface area (Å²) < 4.78 is 4.74. The van der Waals surface area contributed by atoms with Crippen LogP contribution in [0.1, 0.15) is 26.2 Å². The van der Waals surface area contributed by atoms with E-state index in [-0.39, 0.29) is 12.5 Å². The van der Waals surface area contributed by atoms with E-state index in [2.05, 4.69) is 5.32 Å². The fraction of sp³-hybridized carbons (Fsp3) is 0.900. The maximum atomic E-state index is 11.2. The van der Waals surface area contributed by atoms with Crippen LogP contribution in [0.4, 0.5) is 0 Å². The Morgan fingerprint density at radius 2 is 2.07 bits per heavy atom. The van der Waals surface area contributed by atoms with Gasteiger partial charge in [-0.15, -0.1) is 0 Å². The zero-order valence-corrected chi connectivity index (χ0v) is 9.40. The first-order valence-corrected chi connectivity index (χ1v) is 5.18. The molecule has 0 fully saturated rings. The number of carbonyl (C=O) groups is 1. The van der Waals surface area contributed by atoms with E-state index in [0.717, 1.165) is 0 Å². The third-order valence-electron chi connectivity index (χ3n) is 1.95. The summed E-state index contributed by atoms with van der Waals surface area (Å²) in [6.45, 7) is 2.36. The predicted octanol–water partition coefficient (Wildman–Crippen LogP) is -0.339. The summed E-state index contributed by atoms with van der Waals surface area (Å²) in [5, 5.41) is 20.9. The maximum Gasteiger partial charge on any atom is 0.220 e. The van der Waals surface area contributed by atoms with E-state index in [0.29, 0.717) is 25.8 Å². The van der Waals surface area contributed by atoms with Crippen molar-refractivity contribution in [1.82, 2.24) is 5.32 Å². The second kappa shape index (κ2) is 8.64. The number of ether oxygens (including phenoxy) is 1. The van der Waals surface area contributed by atoms with Crippen molar-refractivity contribution in [2.24, 2.45) is 0 Å². The molecule has 0 saturated heterocycles. The van der Waals surface area contributed by atoms with Gasteiger partial charge < -0.3 is 20.3 Å². The largest absolute Gasteiger partial charge is 0.393 e. The van der Waals surface area contributed by atoms with Crippen LogP contribution >= 0.6 is 0 Å². The van der Waals surface area contributed by atoms with Crippen LogP contribution in [-0.2, 0) is 9.53 Å². The lowest BCUT2D eigenvalue weighted by Gasteiger charge is -2.10. The summed E-state index contributed by atoms with van der Waals surface area (Å²) in [5.74, 6) is -0.0967. The zero-order chi connectivity index (χ0) is 11.7. The van der Waals surface area contributed by atoms with Crippen LogP contribution in [0, 0.1) is 0 Å². The van der Waals surface area contributed by atoms with Crippen LogP contribution in [0.25, 0.3) is 0 Å². The normalized spacial score (nSPS) is 14.7. The number of amides is 1. The van der Waals surface area contributed by atoms with Gasteiger partial charge in [0.2, 0.25) is 5.91 Å². The van der Waals surface area contributed by atoms with Gasteiger partial charge in [-0.05, 0) is 19.8 Å². The number of carbonyl (C=O) groups excluding carboxylic acids is 1. The second-order valence-corrected chi connectivity index (χ2v) is 3.64. The van der Waals surface area contributed by atoms with Crippen molar-refractivity contribution < 1.29 is 19.7 Å². The van der Waals surface area contributed by atoms with E-state index in [4.69, 9.17) is 9.84 Å². The zero-order valence-electron chi connectivity index (χ0n) is 9.40. The number of rotatable bonds is 8. The van der Waals surface area contributed by atoms with Crippen molar-refractivity contribution in [1.29, 1.82) is 0 Å². The first kappa shape index (κ1) is 14.3. The summed E-state index contributed by atoms with van der Waals surface area (Å²) in [4.78, 5) is 11.2. The third-order valence-corrected chi connectivity index (χ3v) is 1.95. The Hall–Kier alpha value is -0.650. The van der Waals surface area contributed by atoms with Gasteiger partial charge in [-0.2, -0.15) is 0 Å². The lowest BCUT2D eigenvalue weighted by Crippen LogP contribution is -2.28. The molecule has 0 aliphatic heterocycles. The van der Waals surface area contributed by atoms with Gasteiger partial charge in [0.1, 0.15) is 0 Å². The molecule has 1 amide bonds. The number of nitrogens with one attached hydrogen (secondary N) is 1. The Morgan fingerprint density at radius 3 is 2.60 bits per heavy atom. The van der Waals surface area contributed by atoms with Gasteiger partial charge in [-0.25, -0.2) is 0 Å². The lowest BCUT2D eigenvalue weighted by atomic mass is 10.2. The summed E-state index contributed by atoms with van der Waals surface area (Å²) >= 11 is 0. The van der Waals surface area contributed by atoms with E-state index in [1.807, 2.05) is 0 Å². The summed E-state index contributed by atoms with van der Waals surface area (Å²) in [6, 6.07) is 0. The second-order valence-electron chi connectivity index (χ2n) is 3.64. The molecule has 0 saturated carbocycles. The molecule has 3 N–H and O–H groups in total. The molecule has 5 nitrogen and oxygen atoms in total. The van der Waals surface area contributed by atoms with Crippen molar-refractivity contribution in [3.8, 4) is 0 Å². The lowest BCUT2D eigenvalue weighted by molar-refractivity contribution is -0.121. The van der Waals surface area contributed by atoms with Crippen molar-refractivity contribution in [2.75, 3.05) is 20.3 Å². The maximum absolute atomic E-state index is 11.2. The highest BCUT2D eigenvalue weighted by atomic mass is 16.5. The molecular formula is C10H21NO4. The fourth-order valence-electron chi connectivity index (χ4n) is 1.08. The highest BCUT2D eigenvalue weighted by Gasteiger charge is 2.06. The Balaban J connectivity index is 3.38.